The summed E-state index contributed by atoms with van der Waals surface area (Å²) in [4.78, 5) is 18.4. The van der Waals surface area contributed by atoms with Gasteiger partial charge in [0.2, 0.25) is 5.91 Å². The van der Waals surface area contributed by atoms with E-state index in [1.54, 1.807) is 4.90 Å². The topological polar surface area (TPSA) is 38.8 Å². The molecule has 2 aliphatic heterocycles. The summed E-state index contributed by atoms with van der Waals surface area (Å²) < 4.78 is 0. The third-order valence-electron chi connectivity index (χ3n) is 5.28. The summed E-state index contributed by atoms with van der Waals surface area (Å²) in [5.74, 6) is 3.10. The van der Waals surface area contributed by atoms with Gasteiger partial charge < -0.3 is 15.1 Å². The van der Waals surface area contributed by atoms with Gasteiger partial charge in [0, 0.05) is 33.7 Å². The van der Waals surface area contributed by atoms with Crippen LogP contribution in [0, 0.1) is 17.8 Å². The Kier molecular flexibility index (Phi) is 7.89. The number of nitrogens with zero attached hydrogens (tertiary/aromatic N) is 3. The molecule has 0 bridgehead atoms. The first-order chi connectivity index (χ1) is 9.65. The molecule has 2 heterocycles. The van der Waals surface area contributed by atoms with E-state index in [4.69, 9.17) is 0 Å². The molecule has 2 saturated heterocycles. The Morgan fingerprint density at radius 3 is 2.27 bits per heavy atom. The van der Waals surface area contributed by atoms with Gasteiger partial charge in [0.1, 0.15) is 0 Å². The molecule has 3 atom stereocenters. The number of carbonyl (C=O) groups is 1. The van der Waals surface area contributed by atoms with Crippen molar-refractivity contribution in [1.29, 1.82) is 0 Å². The van der Waals surface area contributed by atoms with Crippen LogP contribution in [0.4, 0.5) is 0 Å². The predicted molar refractivity (Wildman–Crippen MR) is 94.0 cm³/mol. The highest BCUT2D eigenvalue weighted by molar-refractivity contribution is 5.85. The van der Waals surface area contributed by atoms with Gasteiger partial charge in [0.05, 0.1) is 6.54 Å². The highest BCUT2D eigenvalue weighted by atomic mass is 35.5. The molecule has 1 saturated carbocycles. The molecule has 0 spiro atoms. The van der Waals surface area contributed by atoms with Crippen molar-refractivity contribution in [3.63, 3.8) is 0 Å². The lowest BCUT2D eigenvalue weighted by Gasteiger charge is -2.23. The average Bonchev–Trinajstić information content (AvgIpc) is 2.91. The van der Waals surface area contributed by atoms with Gasteiger partial charge in [-0.1, -0.05) is 0 Å². The maximum absolute atomic E-state index is 11.8. The van der Waals surface area contributed by atoms with Crippen molar-refractivity contribution in [3.05, 3.63) is 0 Å². The van der Waals surface area contributed by atoms with E-state index in [-0.39, 0.29) is 30.7 Å². The summed E-state index contributed by atoms with van der Waals surface area (Å²) in [6.07, 6.45) is 1.20. The Labute approximate surface area is 146 Å². The zero-order valence-electron chi connectivity index (χ0n) is 13.7. The molecule has 1 aliphatic carbocycles. The van der Waals surface area contributed by atoms with E-state index in [0.29, 0.717) is 6.54 Å². The number of carbonyl (C=O) groups excluding carboxylic acids is 1. The van der Waals surface area contributed by atoms with E-state index in [2.05, 4.69) is 15.1 Å². The average molecular weight is 353 g/mol. The number of amides is 1. The van der Waals surface area contributed by atoms with Crippen molar-refractivity contribution in [2.45, 2.75) is 6.42 Å². The van der Waals surface area contributed by atoms with Crippen LogP contribution in [0.5, 0.6) is 0 Å². The number of piperidine rings is 1. The maximum atomic E-state index is 11.8. The molecule has 1 amide bonds. The molecule has 1 N–H and O–H groups in total. The van der Waals surface area contributed by atoms with E-state index >= 15 is 0 Å². The van der Waals surface area contributed by atoms with Gasteiger partial charge in [0.15, 0.2) is 0 Å². The van der Waals surface area contributed by atoms with Crippen LogP contribution in [0.3, 0.4) is 0 Å². The normalized spacial score (nSPS) is 31.5. The van der Waals surface area contributed by atoms with Gasteiger partial charge in [-0.05, 0) is 50.4 Å². The summed E-state index contributed by atoms with van der Waals surface area (Å²) in [7, 11) is 3.68. The molecule has 0 radical (unpaired) electrons. The summed E-state index contributed by atoms with van der Waals surface area (Å²) in [5.41, 5.74) is 0. The third-order valence-corrected chi connectivity index (χ3v) is 5.28. The van der Waals surface area contributed by atoms with Crippen molar-refractivity contribution in [2.24, 2.45) is 17.8 Å². The Morgan fingerprint density at radius 2 is 1.64 bits per heavy atom. The fourth-order valence-electron chi connectivity index (χ4n) is 3.81. The summed E-state index contributed by atoms with van der Waals surface area (Å²) in [6.45, 7) is 8.79. The maximum Gasteiger partial charge on any atom is 0.236 e. The quantitative estimate of drug-likeness (QED) is 0.794. The van der Waals surface area contributed by atoms with Gasteiger partial charge in [-0.2, -0.15) is 0 Å². The van der Waals surface area contributed by atoms with Gasteiger partial charge in [-0.3, -0.25) is 9.69 Å². The van der Waals surface area contributed by atoms with E-state index in [9.17, 15) is 4.79 Å². The lowest BCUT2D eigenvalue weighted by molar-refractivity contribution is -0.129. The molecule has 7 heteroatoms. The smallest absolute Gasteiger partial charge is 0.236 e. The number of fused-ring (bicyclic) bond motifs is 1. The van der Waals surface area contributed by atoms with E-state index in [1.165, 1.54) is 32.6 Å². The first-order valence-corrected chi connectivity index (χ1v) is 8.00. The number of likely N-dealkylation sites (N-methyl/N-ethyl adjacent to an activating group) is 1. The van der Waals surface area contributed by atoms with Gasteiger partial charge in [-0.15, -0.1) is 24.8 Å². The first kappa shape index (κ1) is 20.0. The molecule has 3 fully saturated rings. The number of rotatable bonds is 4. The molecule has 130 valence electrons. The van der Waals surface area contributed by atoms with Crippen molar-refractivity contribution < 1.29 is 4.79 Å². The Hall–Kier alpha value is -0.0700. The minimum atomic E-state index is 0. The van der Waals surface area contributed by atoms with Crippen molar-refractivity contribution in [3.8, 4) is 0 Å². The van der Waals surface area contributed by atoms with E-state index in [1.807, 2.05) is 14.1 Å². The van der Waals surface area contributed by atoms with Crippen molar-refractivity contribution in [2.75, 3.05) is 66.5 Å². The second-order valence-electron chi connectivity index (χ2n) is 6.87. The van der Waals surface area contributed by atoms with Gasteiger partial charge >= 0.3 is 0 Å². The van der Waals surface area contributed by atoms with Crippen molar-refractivity contribution in [1.82, 2.24) is 20.0 Å². The zero-order chi connectivity index (χ0) is 14.1. The van der Waals surface area contributed by atoms with Crippen LogP contribution in [-0.2, 0) is 4.79 Å². The SMILES string of the molecule is CN(C)C(=O)CN1CCCN(CC2[C@H]3CNC[C@@H]23)CC1.Cl.Cl. The summed E-state index contributed by atoms with van der Waals surface area (Å²) in [6, 6.07) is 0. The number of hydrogen-bond donors (Lipinski definition) is 1. The lowest BCUT2D eigenvalue weighted by atomic mass is 10.2. The van der Waals surface area contributed by atoms with Crippen LogP contribution in [0.1, 0.15) is 6.42 Å². The van der Waals surface area contributed by atoms with Gasteiger partial charge in [-0.25, -0.2) is 0 Å². The summed E-state index contributed by atoms with van der Waals surface area (Å²) >= 11 is 0. The number of nitrogens with one attached hydrogen (secondary N) is 1. The molecule has 1 unspecified atom stereocenters. The lowest BCUT2D eigenvalue weighted by Crippen LogP contribution is -2.39. The molecule has 5 nitrogen and oxygen atoms in total. The van der Waals surface area contributed by atoms with E-state index in [0.717, 1.165) is 37.4 Å². The molecule has 0 aromatic heterocycles. The van der Waals surface area contributed by atoms with Crippen LogP contribution in [-0.4, -0.2) is 87.1 Å². The standard InChI is InChI=1S/C15H28N4O.2ClH/c1-17(2)15(20)11-19-5-3-4-18(6-7-19)10-14-12-8-16-9-13(12)14;;/h12-14,16H,3-11H2,1-2H3;2*1H/t12-,13+,14?;;. The Morgan fingerprint density at radius 1 is 1.05 bits per heavy atom. The van der Waals surface area contributed by atoms with E-state index < -0.39 is 0 Å². The second kappa shape index (κ2) is 8.69. The first-order valence-electron chi connectivity index (χ1n) is 8.00. The Bertz CT molecular complexity index is 359. The zero-order valence-corrected chi connectivity index (χ0v) is 15.3. The predicted octanol–water partition coefficient (Wildman–Crippen LogP) is 0.391. The molecule has 22 heavy (non-hydrogen) atoms. The highest BCUT2D eigenvalue weighted by Gasteiger charge is 2.52. The fourth-order valence-corrected chi connectivity index (χ4v) is 3.81. The van der Waals surface area contributed by atoms with Crippen LogP contribution < -0.4 is 5.32 Å². The van der Waals surface area contributed by atoms with Crippen LogP contribution in [0.2, 0.25) is 0 Å². The molecular formula is C15H30Cl2N4O. The minimum Gasteiger partial charge on any atom is -0.348 e. The largest absolute Gasteiger partial charge is 0.348 e. The van der Waals surface area contributed by atoms with Crippen LogP contribution in [0.15, 0.2) is 0 Å². The molecule has 3 aliphatic rings. The summed E-state index contributed by atoms with van der Waals surface area (Å²) in [5, 5.41) is 3.47. The molecule has 3 rings (SSSR count). The molecule has 0 aromatic rings. The van der Waals surface area contributed by atoms with Crippen LogP contribution in [0.25, 0.3) is 0 Å². The number of halogens is 2. The van der Waals surface area contributed by atoms with Crippen molar-refractivity contribution >= 4 is 30.7 Å². The third kappa shape index (κ3) is 4.71. The fraction of sp³-hybridized carbons (Fsp3) is 0.933. The second-order valence-corrected chi connectivity index (χ2v) is 6.87. The minimum absolute atomic E-state index is 0. The number of hydrogen-bond acceptors (Lipinski definition) is 4. The van der Waals surface area contributed by atoms with Crippen LogP contribution >= 0.6 is 24.8 Å². The Balaban J connectivity index is 0.00000121. The molecule has 0 aromatic carbocycles. The molecular weight excluding hydrogens is 323 g/mol. The monoisotopic (exact) mass is 352 g/mol. The van der Waals surface area contributed by atoms with Gasteiger partial charge in [0.25, 0.3) is 0 Å². The highest BCUT2D eigenvalue weighted by Crippen LogP contribution is 2.48.